The molecule has 2 bridgehead atoms. The number of amides is 1. The second-order valence-electron chi connectivity index (χ2n) is 5.41. The van der Waals surface area contributed by atoms with E-state index < -0.39 is 0 Å². The summed E-state index contributed by atoms with van der Waals surface area (Å²) < 4.78 is 16.1. The summed E-state index contributed by atoms with van der Waals surface area (Å²) in [5.74, 6) is -0.534. The Balaban J connectivity index is 1.76. The third-order valence-electron chi connectivity index (χ3n) is 3.78. The number of benzene rings is 1. The normalized spacial score (nSPS) is 31.1. The number of anilines is 1. The van der Waals surface area contributed by atoms with Crippen molar-refractivity contribution in [2.24, 2.45) is 0 Å². The molecule has 2 N–H and O–H groups in total. The van der Waals surface area contributed by atoms with Crippen LogP contribution in [0.2, 0.25) is 0 Å². The third-order valence-corrected chi connectivity index (χ3v) is 4.61. The van der Waals surface area contributed by atoms with Gasteiger partial charge in [-0.25, -0.2) is 4.39 Å². The van der Waals surface area contributed by atoms with Crippen LogP contribution in [0.25, 0.3) is 0 Å². The van der Waals surface area contributed by atoms with Crippen molar-refractivity contribution in [2.75, 3.05) is 11.0 Å². The van der Waals surface area contributed by atoms with E-state index >= 15 is 0 Å². The summed E-state index contributed by atoms with van der Waals surface area (Å²) in [7, 11) is 0. The predicted molar refractivity (Wildman–Crippen MR) is 76.2 cm³/mol. The van der Waals surface area contributed by atoms with Gasteiger partial charge in [0.05, 0.1) is 16.1 Å². The standard InChI is InChI=1S/C13H14ClFN2OS/c1-19-17-10-4-8(15)2-3-9(10)11(18)16-13-5-12(14,6-13)7-13/h2-4,17H,5-7H2,1H3,(H,16,18). The first-order valence-corrected chi connectivity index (χ1v) is 7.66. The van der Waals surface area contributed by atoms with Gasteiger partial charge in [-0.05, 0) is 37.5 Å². The summed E-state index contributed by atoms with van der Waals surface area (Å²) in [6, 6.07) is 4.13. The lowest BCUT2D eigenvalue weighted by atomic mass is 9.49. The second-order valence-corrected chi connectivity index (χ2v) is 6.83. The Labute approximate surface area is 120 Å². The first-order valence-electron chi connectivity index (χ1n) is 6.05. The highest BCUT2D eigenvalue weighted by Gasteiger charge is 2.67. The molecule has 102 valence electrons. The summed E-state index contributed by atoms with van der Waals surface area (Å²) in [6.45, 7) is 0. The van der Waals surface area contributed by atoms with Gasteiger partial charge in [0, 0.05) is 11.8 Å². The van der Waals surface area contributed by atoms with Crippen LogP contribution in [0, 0.1) is 5.82 Å². The van der Waals surface area contributed by atoms with E-state index in [-0.39, 0.29) is 22.1 Å². The van der Waals surface area contributed by atoms with Gasteiger partial charge in [0.1, 0.15) is 5.82 Å². The van der Waals surface area contributed by atoms with Crippen molar-refractivity contribution in [3.63, 3.8) is 0 Å². The molecule has 6 heteroatoms. The Hall–Kier alpha value is -0.940. The van der Waals surface area contributed by atoms with E-state index in [2.05, 4.69) is 10.0 Å². The molecule has 1 aromatic rings. The molecule has 1 aromatic carbocycles. The Morgan fingerprint density at radius 3 is 2.68 bits per heavy atom. The number of carbonyl (C=O) groups is 1. The van der Waals surface area contributed by atoms with E-state index in [1.54, 1.807) is 0 Å². The van der Waals surface area contributed by atoms with Gasteiger partial charge < -0.3 is 10.0 Å². The van der Waals surface area contributed by atoms with Crippen molar-refractivity contribution in [3.05, 3.63) is 29.6 Å². The van der Waals surface area contributed by atoms with Crippen LogP contribution in [-0.2, 0) is 0 Å². The molecule has 3 aliphatic rings. The van der Waals surface area contributed by atoms with Crippen molar-refractivity contribution in [2.45, 2.75) is 29.7 Å². The zero-order valence-corrected chi connectivity index (χ0v) is 12.0. The van der Waals surface area contributed by atoms with E-state index in [9.17, 15) is 9.18 Å². The van der Waals surface area contributed by atoms with Crippen molar-refractivity contribution in [1.82, 2.24) is 5.32 Å². The minimum absolute atomic E-state index is 0.0730. The van der Waals surface area contributed by atoms with E-state index in [0.29, 0.717) is 11.3 Å². The molecule has 19 heavy (non-hydrogen) atoms. The Morgan fingerprint density at radius 2 is 2.11 bits per heavy atom. The molecule has 3 saturated carbocycles. The van der Waals surface area contributed by atoms with Gasteiger partial charge in [-0.3, -0.25) is 4.79 Å². The van der Waals surface area contributed by atoms with Crippen LogP contribution in [0.4, 0.5) is 10.1 Å². The van der Waals surface area contributed by atoms with Gasteiger partial charge in [-0.15, -0.1) is 11.6 Å². The fourth-order valence-electron chi connectivity index (χ4n) is 3.01. The minimum atomic E-state index is -0.363. The van der Waals surface area contributed by atoms with Crippen LogP contribution in [0.5, 0.6) is 0 Å². The molecule has 0 heterocycles. The van der Waals surface area contributed by atoms with Crippen LogP contribution in [-0.4, -0.2) is 22.6 Å². The smallest absolute Gasteiger partial charge is 0.253 e. The van der Waals surface area contributed by atoms with Crippen LogP contribution >= 0.6 is 23.5 Å². The first kappa shape index (κ1) is 13.1. The van der Waals surface area contributed by atoms with Crippen molar-refractivity contribution < 1.29 is 9.18 Å². The average Bonchev–Trinajstić information content (AvgIpc) is 2.26. The molecule has 3 aliphatic carbocycles. The van der Waals surface area contributed by atoms with Crippen molar-refractivity contribution in [1.29, 1.82) is 0 Å². The molecule has 0 atom stereocenters. The SMILES string of the molecule is CSNc1cc(F)ccc1C(=O)NC12CC(Cl)(C1)C2. The zero-order valence-electron chi connectivity index (χ0n) is 10.4. The van der Waals surface area contributed by atoms with E-state index in [4.69, 9.17) is 11.6 Å². The van der Waals surface area contributed by atoms with E-state index in [1.807, 2.05) is 6.26 Å². The number of halogens is 2. The number of hydrogen-bond donors (Lipinski definition) is 2. The quantitative estimate of drug-likeness (QED) is 0.663. The van der Waals surface area contributed by atoms with Crippen LogP contribution in [0.15, 0.2) is 18.2 Å². The van der Waals surface area contributed by atoms with Crippen molar-refractivity contribution >= 4 is 35.1 Å². The van der Waals surface area contributed by atoms with E-state index in [0.717, 1.165) is 19.3 Å². The summed E-state index contributed by atoms with van der Waals surface area (Å²) in [5.41, 5.74) is 0.838. The molecule has 0 saturated heterocycles. The monoisotopic (exact) mass is 300 g/mol. The highest BCUT2D eigenvalue weighted by molar-refractivity contribution is 7.99. The van der Waals surface area contributed by atoms with E-state index in [1.165, 1.54) is 30.1 Å². The summed E-state index contributed by atoms with van der Waals surface area (Å²) >= 11 is 7.50. The third kappa shape index (κ3) is 2.19. The molecule has 0 radical (unpaired) electrons. The first-order chi connectivity index (χ1) is 8.95. The van der Waals surface area contributed by atoms with Gasteiger partial charge in [0.25, 0.3) is 5.91 Å². The van der Waals surface area contributed by atoms with Gasteiger partial charge in [-0.2, -0.15) is 0 Å². The topological polar surface area (TPSA) is 41.1 Å². The van der Waals surface area contributed by atoms with Gasteiger partial charge in [0.2, 0.25) is 0 Å². The van der Waals surface area contributed by atoms with Gasteiger partial charge in [-0.1, -0.05) is 11.9 Å². The highest BCUT2D eigenvalue weighted by Crippen LogP contribution is 2.64. The number of rotatable bonds is 4. The maximum absolute atomic E-state index is 13.2. The summed E-state index contributed by atoms with van der Waals surface area (Å²) in [4.78, 5) is 12.2. The largest absolute Gasteiger partial charge is 0.346 e. The number of hydrogen-bond acceptors (Lipinski definition) is 3. The average molecular weight is 301 g/mol. The maximum Gasteiger partial charge on any atom is 0.253 e. The summed E-state index contributed by atoms with van der Waals surface area (Å²) in [6.07, 6.45) is 4.32. The van der Waals surface area contributed by atoms with Gasteiger partial charge >= 0.3 is 0 Å². The highest BCUT2D eigenvalue weighted by atomic mass is 35.5. The number of alkyl halides is 1. The van der Waals surface area contributed by atoms with Crippen LogP contribution in [0.1, 0.15) is 29.6 Å². The lowest BCUT2D eigenvalue weighted by Crippen LogP contribution is -2.76. The zero-order chi connectivity index (χ0) is 13.7. The lowest BCUT2D eigenvalue weighted by molar-refractivity contribution is -0.0193. The molecule has 3 nitrogen and oxygen atoms in total. The number of carbonyl (C=O) groups excluding carboxylic acids is 1. The maximum atomic E-state index is 13.2. The molecule has 0 aliphatic heterocycles. The van der Waals surface area contributed by atoms with Crippen molar-refractivity contribution in [3.8, 4) is 0 Å². The van der Waals surface area contributed by atoms with Gasteiger partial charge in [0.15, 0.2) is 0 Å². The molecular weight excluding hydrogens is 287 g/mol. The Bertz CT molecular complexity index is 532. The fraction of sp³-hybridized carbons (Fsp3) is 0.462. The summed E-state index contributed by atoms with van der Waals surface area (Å²) in [5, 5.41) is 3.02. The Morgan fingerprint density at radius 1 is 1.42 bits per heavy atom. The minimum Gasteiger partial charge on any atom is -0.346 e. The predicted octanol–water partition coefficient (Wildman–Crippen LogP) is 3.16. The molecule has 0 spiro atoms. The lowest BCUT2D eigenvalue weighted by Gasteiger charge is -2.67. The molecule has 0 unspecified atom stereocenters. The second kappa shape index (κ2) is 4.28. The fourth-order valence-corrected chi connectivity index (χ4v) is 4.17. The molecular formula is C13H14ClFN2OS. The van der Waals surface area contributed by atoms with Crippen LogP contribution in [0.3, 0.4) is 0 Å². The molecule has 1 amide bonds. The molecule has 3 fully saturated rings. The van der Waals surface area contributed by atoms with Crippen LogP contribution < -0.4 is 10.0 Å². The number of nitrogens with one attached hydrogen (secondary N) is 2. The molecule has 0 aromatic heterocycles. The molecule has 4 rings (SSSR count). The Kier molecular flexibility index (Phi) is 2.94.